The van der Waals surface area contributed by atoms with Crippen LogP contribution in [0.15, 0.2) is 52.9 Å². The Morgan fingerprint density at radius 1 is 1.19 bits per heavy atom. The molecule has 136 valence electrons. The van der Waals surface area contributed by atoms with Gasteiger partial charge in [0.15, 0.2) is 5.76 Å². The zero-order valence-corrected chi connectivity index (χ0v) is 15.6. The monoisotopic (exact) mass is 352 g/mol. The van der Waals surface area contributed by atoms with E-state index in [-0.39, 0.29) is 11.9 Å². The van der Waals surface area contributed by atoms with E-state index in [1.165, 1.54) is 0 Å². The molecule has 26 heavy (non-hydrogen) atoms. The van der Waals surface area contributed by atoms with Crippen LogP contribution < -0.4 is 10.1 Å². The zero-order chi connectivity index (χ0) is 18.7. The van der Waals surface area contributed by atoms with E-state index in [1.807, 2.05) is 57.4 Å². The molecule has 0 fully saturated rings. The van der Waals surface area contributed by atoms with Gasteiger partial charge in [0.05, 0.1) is 13.2 Å². The number of aryl methyl sites for hydroxylation is 1. The van der Waals surface area contributed by atoms with Gasteiger partial charge in [-0.25, -0.2) is 0 Å². The highest BCUT2D eigenvalue weighted by molar-refractivity contribution is 5.99. The normalized spacial score (nSPS) is 12.3. The summed E-state index contributed by atoms with van der Waals surface area (Å²) in [6.45, 7) is 2.39. The Morgan fingerprint density at radius 3 is 2.58 bits per heavy atom. The van der Waals surface area contributed by atoms with Gasteiger partial charge >= 0.3 is 0 Å². The molecule has 0 unspecified atom stereocenters. The summed E-state index contributed by atoms with van der Waals surface area (Å²) in [5.41, 5.74) is 2.65. The highest BCUT2D eigenvalue weighted by Gasteiger charge is 2.20. The van der Waals surface area contributed by atoms with Crippen LogP contribution >= 0.6 is 0 Å². The predicted octanol–water partition coefficient (Wildman–Crippen LogP) is 3.78. The second kappa shape index (κ2) is 7.62. The maximum absolute atomic E-state index is 12.7. The summed E-state index contributed by atoms with van der Waals surface area (Å²) in [4.78, 5) is 14.8. The van der Waals surface area contributed by atoms with Crippen molar-refractivity contribution in [3.8, 4) is 5.75 Å². The van der Waals surface area contributed by atoms with E-state index in [9.17, 15) is 4.79 Å². The number of ether oxygens (including phenoxy) is 1. The molecule has 0 spiro atoms. The summed E-state index contributed by atoms with van der Waals surface area (Å²) in [7, 11) is 5.63. The molecule has 2 aromatic carbocycles. The van der Waals surface area contributed by atoms with Gasteiger partial charge < -0.3 is 19.4 Å². The maximum Gasteiger partial charge on any atom is 0.287 e. The Labute approximate surface area is 153 Å². The molecule has 0 aliphatic heterocycles. The Kier molecular flexibility index (Phi) is 5.28. The molecule has 0 saturated carbocycles. The fraction of sp³-hybridized carbons (Fsp3) is 0.286. The Balaban J connectivity index is 1.79. The summed E-state index contributed by atoms with van der Waals surface area (Å²) in [6, 6.07) is 15.7. The topological polar surface area (TPSA) is 54.7 Å². The first-order valence-corrected chi connectivity index (χ1v) is 8.58. The second-order valence-electron chi connectivity index (χ2n) is 6.52. The molecule has 1 aromatic heterocycles. The third-order valence-electron chi connectivity index (χ3n) is 4.61. The van der Waals surface area contributed by atoms with Crippen LogP contribution in [0.1, 0.15) is 27.7 Å². The molecule has 3 rings (SSSR count). The van der Waals surface area contributed by atoms with E-state index < -0.39 is 0 Å². The molecular formula is C21H24N2O3. The van der Waals surface area contributed by atoms with E-state index >= 15 is 0 Å². The molecule has 1 heterocycles. The van der Waals surface area contributed by atoms with Crippen molar-refractivity contribution < 1.29 is 13.9 Å². The average molecular weight is 352 g/mol. The van der Waals surface area contributed by atoms with Crippen LogP contribution in [0.4, 0.5) is 0 Å². The SMILES string of the molecule is COc1ccc2oc(C(=O)NC[C@@H](c3ccccc3)N(C)C)c(C)c2c1. The first-order valence-electron chi connectivity index (χ1n) is 8.58. The molecular weight excluding hydrogens is 328 g/mol. The molecule has 0 aliphatic carbocycles. The lowest BCUT2D eigenvalue weighted by atomic mass is 10.1. The minimum absolute atomic E-state index is 0.0879. The number of benzene rings is 2. The number of likely N-dealkylation sites (N-methyl/N-ethyl adjacent to an activating group) is 1. The van der Waals surface area contributed by atoms with Crippen LogP contribution in [0.2, 0.25) is 0 Å². The van der Waals surface area contributed by atoms with Gasteiger partial charge in [-0.2, -0.15) is 0 Å². The summed E-state index contributed by atoms with van der Waals surface area (Å²) in [6.07, 6.45) is 0. The van der Waals surface area contributed by atoms with Gasteiger partial charge in [0.2, 0.25) is 0 Å². The summed E-state index contributed by atoms with van der Waals surface area (Å²) in [5, 5.41) is 3.89. The summed E-state index contributed by atoms with van der Waals surface area (Å²) < 4.78 is 11.0. The van der Waals surface area contributed by atoms with Crippen molar-refractivity contribution in [3.05, 3.63) is 65.4 Å². The quantitative estimate of drug-likeness (QED) is 0.733. The molecule has 0 saturated heterocycles. The lowest BCUT2D eigenvalue weighted by Crippen LogP contribution is -2.34. The van der Waals surface area contributed by atoms with Crippen molar-refractivity contribution in [2.75, 3.05) is 27.7 Å². The van der Waals surface area contributed by atoms with Crippen molar-refractivity contribution in [1.82, 2.24) is 10.2 Å². The third kappa shape index (κ3) is 3.58. The fourth-order valence-electron chi connectivity index (χ4n) is 3.09. The first-order chi connectivity index (χ1) is 12.5. The molecule has 5 nitrogen and oxygen atoms in total. The van der Waals surface area contributed by atoms with Gasteiger partial charge in [0.25, 0.3) is 5.91 Å². The zero-order valence-electron chi connectivity index (χ0n) is 15.6. The van der Waals surface area contributed by atoms with Crippen LogP contribution in [-0.2, 0) is 0 Å². The van der Waals surface area contributed by atoms with Gasteiger partial charge in [-0.1, -0.05) is 30.3 Å². The molecule has 1 atom stereocenters. The third-order valence-corrected chi connectivity index (χ3v) is 4.61. The van der Waals surface area contributed by atoms with Crippen LogP contribution in [0, 0.1) is 6.92 Å². The number of amides is 1. The van der Waals surface area contributed by atoms with E-state index in [2.05, 4.69) is 22.3 Å². The maximum atomic E-state index is 12.7. The number of nitrogens with zero attached hydrogens (tertiary/aromatic N) is 1. The van der Waals surface area contributed by atoms with Crippen molar-refractivity contribution in [3.63, 3.8) is 0 Å². The number of hydrogen-bond acceptors (Lipinski definition) is 4. The van der Waals surface area contributed by atoms with E-state index in [0.717, 1.165) is 22.3 Å². The number of carbonyl (C=O) groups excluding carboxylic acids is 1. The van der Waals surface area contributed by atoms with E-state index in [0.29, 0.717) is 17.9 Å². The fourth-order valence-corrected chi connectivity index (χ4v) is 3.09. The minimum Gasteiger partial charge on any atom is -0.497 e. The second-order valence-corrected chi connectivity index (χ2v) is 6.52. The van der Waals surface area contributed by atoms with Crippen LogP contribution in [0.25, 0.3) is 11.0 Å². The first kappa shape index (κ1) is 18.0. The van der Waals surface area contributed by atoms with Gasteiger partial charge in [0.1, 0.15) is 11.3 Å². The van der Waals surface area contributed by atoms with Crippen molar-refractivity contribution in [2.24, 2.45) is 0 Å². The van der Waals surface area contributed by atoms with Gasteiger partial charge in [-0.15, -0.1) is 0 Å². The lowest BCUT2D eigenvalue weighted by Gasteiger charge is -2.25. The smallest absolute Gasteiger partial charge is 0.287 e. The van der Waals surface area contributed by atoms with Gasteiger partial charge in [-0.3, -0.25) is 4.79 Å². The molecule has 0 radical (unpaired) electrons. The number of fused-ring (bicyclic) bond motifs is 1. The highest BCUT2D eigenvalue weighted by atomic mass is 16.5. The molecule has 0 bridgehead atoms. The van der Waals surface area contributed by atoms with Crippen molar-refractivity contribution in [1.29, 1.82) is 0 Å². The predicted molar refractivity (Wildman–Crippen MR) is 103 cm³/mol. The Hall–Kier alpha value is -2.79. The number of hydrogen-bond donors (Lipinski definition) is 1. The lowest BCUT2D eigenvalue weighted by molar-refractivity contribution is 0.0915. The standard InChI is InChI=1S/C21H24N2O3/c1-14-17-12-16(25-4)10-11-19(17)26-20(14)21(24)22-13-18(23(2)3)15-8-6-5-7-9-15/h5-12,18H,13H2,1-4H3,(H,22,24)/t18-/m0/s1. The molecule has 1 N–H and O–H groups in total. The average Bonchev–Trinajstić information content (AvgIpc) is 2.98. The van der Waals surface area contributed by atoms with Crippen LogP contribution in [0.5, 0.6) is 5.75 Å². The van der Waals surface area contributed by atoms with Crippen LogP contribution in [-0.4, -0.2) is 38.6 Å². The number of furan rings is 1. The van der Waals surface area contributed by atoms with E-state index in [4.69, 9.17) is 9.15 Å². The highest BCUT2D eigenvalue weighted by Crippen LogP contribution is 2.29. The molecule has 0 aliphatic rings. The molecule has 3 aromatic rings. The van der Waals surface area contributed by atoms with Crippen molar-refractivity contribution in [2.45, 2.75) is 13.0 Å². The number of rotatable bonds is 6. The van der Waals surface area contributed by atoms with Crippen LogP contribution in [0.3, 0.4) is 0 Å². The van der Waals surface area contributed by atoms with Gasteiger partial charge in [-0.05, 0) is 44.8 Å². The summed E-state index contributed by atoms with van der Waals surface area (Å²) in [5.74, 6) is 0.879. The van der Waals surface area contributed by atoms with E-state index in [1.54, 1.807) is 7.11 Å². The Morgan fingerprint density at radius 2 is 1.92 bits per heavy atom. The summed E-state index contributed by atoms with van der Waals surface area (Å²) >= 11 is 0. The number of methoxy groups -OCH3 is 1. The number of nitrogens with one attached hydrogen (secondary N) is 1. The molecule has 5 heteroatoms. The van der Waals surface area contributed by atoms with Gasteiger partial charge in [0, 0.05) is 17.5 Å². The largest absolute Gasteiger partial charge is 0.497 e. The van der Waals surface area contributed by atoms with Crippen molar-refractivity contribution >= 4 is 16.9 Å². The number of carbonyl (C=O) groups is 1. The molecule has 1 amide bonds. The minimum atomic E-state index is -0.208. The Bertz CT molecular complexity index is 900.